The van der Waals surface area contributed by atoms with Gasteiger partial charge in [0.25, 0.3) is 0 Å². The third-order valence-electron chi connectivity index (χ3n) is 11.0. The fraction of sp³-hybridized carbons (Fsp3) is 0.136. The van der Waals surface area contributed by atoms with Crippen molar-refractivity contribution in [1.29, 1.82) is 0 Å². The molecule has 0 saturated carbocycles. The molecular formula is C44H34N2S2. The molecule has 1 aliphatic carbocycles. The van der Waals surface area contributed by atoms with E-state index in [0.29, 0.717) is 0 Å². The lowest BCUT2D eigenvalue weighted by Crippen LogP contribution is -2.14. The average Bonchev–Trinajstić information content (AvgIpc) is 3.72. The normalized spacial score (nSPS) is 18.4. The molecule has 0 saturated heterocycles. The molecule has 0 amide bonds. The van der Waals surface area contributed by atoms with Crippen LogP contribution in [0.4, 0.5) is 0 Å². The minimum atomic E-state index is -1.14. The summed E-state index contributed by atoms with van der Waals surface area (Å²) in [6, 6.07) is 44.8. The van der Waals surface area contributed by atoms with Gasteiger partial charge in [-0.25, -0.2) is 9.97 Å². The first-order chi connectivity index (χ1) is 23.4. The van der Waals surface area contributed by atoms with Crippen LogP contribution in [-0.4, -0.2) is 22.0 Å². The summed E-state index contributed by atoms with van der Waals surface area (Å²) in [5, 5.41) is 3.84. The first-order valence-corrected chi connectivity index (χ1v) is 19.8. The fourth-order valence-electron chi connectivity index (χ4n) is 8.44. The molecule has 0 N–H and O–H groups in total. The van der Waals surface area contributed by atoms with E-state index in [4.69, 9.17) is 9.97 Å². The molecule has 1 atom stereocenters. The van der Waals surface area contributed by atoms with E-state index in [9.17, 15) is 0 Å². The van der Waals surface area contributed by atoms with Crippen molar-refractivity contribution in [3.05, 3.63) is 132 Å². The van der Waals surface area contributed by atoms with Crippen LogP contribution in [0.15, 0.2) is 131 Å². The average molecular weight is 655 g/mol. The van der Waals surface area contributed by atoms with Crippen LogP contribution in [0, 0.1) is 0 Å². The van der Waals surface area contributed by atoms with E-state index in [-0.39, 0.29) is 5.41 Å². The molecule has 0 bridgehead atoms. The summed E-state index contributed by atoms with van der Waals surface area (Å²) in [5.74, 6) is 1.89. The van der Waals surface area contributed by atoms with Crippen molar-refractivity contribution in [1.82, 2.24) is 9.97 Å². The van der Waals surface area contributed by atoms with Gasteiger partial charge in [0.05, 0.1) is 11.2 Å². The number of fused-ring (bicyclic) bond motifs is 12. The largest absolute Gasteiger partial charge is 0.228 e. The first kappa shape index (κ1) is 28.3. The second kappa shape index (κ2) is 9.88. The van der Waals surface area contributed by atoms with Gasteiger partial charge < -0.3 is 0 Å². The van der Waals surface area contributed by atoms with Gasteiger partial charge in [-0.2, -0.15) is 10.0 Å². The van der Waals surface area contributed by atoms with Crippen LogP contribution in [0.5, 0.6) is 0 Å². The van der Waals surface area contributed by atoms with Crippen molar-refractivity contribution in [3.63, 3.8) is 0 Å². The summed E-state index contributed by atoms with van der Waals surface area (Å²) >= 11 is 1.91. The highest BCUT2D eigenvalue weighted by molar-refractivity contribution is 8.33. The quantitative estimate of drug-likeness (QED) is 0.189. The van der Waals surface area contributed by atoms with Crippen LogP contribution in [0.3, 0.4) is 0 Å². The minimum absolute atomic E-state index is 0.0881. The van der Waals surface area contributed by atoms with Crippen molar-refractivity contribution < 1.29 is 0 Å². The van der Waals surface area contributed by atoms with Crippen molar-refractivity contribution in [2.24, 2.45) is 0 Å². The van der Waals surface area contributed by atoms with Crippen LogP contribution in [0.2, 0.25) is 0 Å². The van der Waals surface area contributed by atoms with Gasteiger partial charge in [0.15, 0.2) is 5.82 Å². The summed E-state index contributed by atoms with van der Waals surface area (Å²) in [6.07, 6.45) is 2.47. The number of nitrogens with zero attached hydrogens (tertiary/aromatic N) is 2. The molecule has 8 aromatic rings. The van der Waals surface area contributed by atoms with E-state index in [2.05, 4.69) is 148 Å². The molecule has 10 rings (SSSR count). The lowest BCUT2D eigenvalue weighted by Gasteiger charge is -2.32. The van der Waals surface area contributed by atoms with E-state index in [1.54, 1.807) is 0 Å². The van der Waals surface area contributed by atoms with Crippen molar-refractivity contribution in [2.75, 3.05) is 12.0 Å². The SMILES string of the molecule is CCS1(C)c2ccccc2-c2c1ccc1nc(-c3ccc4c(c3)-c3c(ccc5c3sc3ccccc35)C4(C)C)nc(-c3ccccc3)c21. The summed E-state index contributed by atoms with van der Waals surface area (Å²) in [6.45, 7) is 7.06. The molecule has 0 spiro atoms. The molecule has 1 aliphatic heterocycles. The van der Waals surface area contributed by atoms with E-state index in [1.807, 2.05) is 11.3 Å². The zero-order chi connectivity index (χ0) is 32.4. The Morgan fingerprint density at radius 3 is 2.27 bits per heavy atom. The standard InChI is InChI=1S/C44H34N2S2/c1-5-48(4)36-18-12-10-16-30(36)39-37(48)24-23-34-40(39)41(26-13-7-6-8-14-26)46-43(45-34)27-19-21-32-31(25-27)38-33(44(32,2)3)22-20-29-28-15-9-11-17-35(28)47-42(29)38/h6-25H,5H2,1-4H3. The third kappa shape index (κ3) is 3.65. The Morgan fingerprint density at radius 1 is 0.646 bits per heavy atom. The smallest absolute Gasteiger partial charge is 0.160 e. The number of hydrogen-bond acceptors (Lipinski definition) is 3. The van der Waals surface area contributed by atoms with Gasteiger partial charge in [-0.15, -0.1) is 11.3 Å². The molecule has 0 radical (unpaired) electrons. The zero-order valence-electron chi connectivity index (χ0n) is 27.5. The van der Waals surface area contributed by atoms with Crippen molar-refractivity contribution in [2.45, 2.75) is 36.0 Å². The molecule has 6 aromatic carbocycles. The van der Waals surface area contributed by atoms with Gasteiger partial charge in [-0.1, -0.05) is 112 Å². The Labute approximate surface area is 286 Å². The lowest BCUT2D eigenvalue weighted by atomic mass is 9.82. The summed E-state index contributed by atoms with van der Waals surface area (Å²) in [5.41, 5.74) is 12.2. The highest BCUT2D eigenvalue weighted by atomic mass is 32.3. The predicted molar refractivity (Wildman–Crippen MR) is 207 cm³/mol. The lowest BCUT2D eigenvalue weighted by molar-refractivity contribution is 0.661. The van der Waals surface area contributed by atoms with E-state index >= 15 is 0 Å². The maximum absolute atomic E-state index is 5.48. The molecule has 2 aliphatic rings. The van der Waals surface area contributed by atoms with E-state index < -0.39 is 10.0 Å². The molecule has 2 aromatic heterocycles. The molecule has 48 heavy (non-hydrogen) atoms. The molecule has 3 heterocycles. The monoisotopic (exact) mass is 654 g/mol. The minimum Gasteiger partial charge on any atom is -0.228 e. The van der Waals surface area contributed by atoms with Crippen LogP contribution >= 0.6 is 21.4 Å². The fourth-order valence-corrected chi connectivity index (χ4v) is 12.6. The number of rotatable bonds is 3. The number of benzene rings is 6. The molecule has 2 nitrogen and oxygen atoms in total. The number of aromatic nitrogens is 2. The van der Waals surface area contributed by atoms with Gasteiger partial charge in [-0.3, -0.25) is 0 Å². The second-order valence-electron chi connectivity index (χ2n) is 13.8. The van der Waals surface area contributed by atoms with Gasteiger partial charge in [0.2, 0.25) is 0 Å². The Hall–Kier alpha value is -4.77. The molecular weight excluding hydrogens is 621 g/mol. The van der Waals surface area contributed by atoms with E-state index in [0.717, 1.165) is 33.9 Å². The second-order valence-corrected chi connectivity index (χ2v) is 18.5. The van der Waals surface area contributed by atoms with Crippen molar-refractivity contribution in [3.8, 4) is 44.9 Å². The Morgan fingerprint density at radius 2 is 1.42 bits per heavy atom. The summed E-state index contributed by atoms with van der Waals surface area (Å²) < 4.78 is 2.71. The Bertz CT molecular complexity index is 2650. The summed E-state index contributed by atoms with van der Waals surface area (Å²) in [4.78, 5) is 13.8. The predicted octanol–water partition coefficient (Wildman–Crippen LogP) is 12.5. The number of thiophene rings is 1. The van der Waals surface area contributed by atoms with Crippen LogP contribution in [-0.2, 0) is 5.41 Å². The van der Waals surface area contributed by atoms with Gasteiger partial charge in [0.1, 0.15) is 0 Å². The zero-order valence-corrected chi connectivity index (χ0v) is 29.1. The first-order valence-electron chi connectivity index (χ1n) is 16.7. The summed E-state index contributed by atoms with van der Waals surface area (Å²) in [7, 11) is -1.14. The van der Waals surface area contributed by atoms with Gasteiger partial charge in [-0.05, 0) is 64.6 Å². The molecule has 4 heteroatoms. The maximum atomic E-state index is 5.48. The molecule has 0 fully saturated rings. The highest BCUT2D eigenvalue weighted by Gasteiger charge is 2.38. The molecule has 232 valence electrons. The van der Waals surface area contributed by atoms with Crippen LogP contribution < -0.4 is 0 Å². The Kier molecular flexibility index (Phi) is 5.82. The molecule has 1 unspecified atom stereocenters. The van der Waals surface area contributed by atoms with Crippen LogP contribution in [0.1, 0.15) is 31.9 Å². The maximum Gasteiger partial charge on any atom is 0.160 e. The van der Waals surface area contributed by atoms with Gasteiger partial charge in [0, 0.05) is 63.0 Å². The highest BCUT2D eigenvalue weighted by Crippen LogP contribution is 2.70. The van der Waals surface area contributed by atoms with E-state index in [1.165, 1.54) is 68.7 Å². The van der Waals surface area contributed by atoms with Crippen molar-refractivity contribution >= 4 is 52.4 Å². The van der Waals surface area contributed by atoms with Gasteiger partial charge >= 0.3 is 0 Å². The Balaban J connectivity index is 1.24. The number of hydrogen-bond donors (Lipinski definition) is 0. The van der Waals surface area contributed by atoms with Crippen LogP contribution in [0.25, 0.3) is 76.0 Å². The third-order valence-corrected chi connectivity index (χ3v) is 16.0. The topological polar surface area (TPSA) is 25.8 Å².